The van der Waals surface area contributed by atoms with Gasteiger partial charge in [0.15, 0.2) is 0 Å². The molecule has 2 fully saturated rings. The van der Waals surface area contributed by atoms with E-state index in [1.54, 1.807) is 17.1 Å². The molecule has 108 valence electrons. The summed E-state index contributed by atoms with van der Waals surface area (Å²) in [5, 5.41) is 4.18. The van der Waals surface area contributed by atoms with E-state index < -0.39 is 0 Å². The van der Waals surface area contributed by atoms with Crippen LogP contribution in [0.2, 0.25) is 0 Å². The Hall–Kier alpha value is -2.37. The number of rotatable bonds is 2. The second kappa shape index (κ2) is 4.58. The van der Waals surface area contributed by atoms with Crippen molar-refractivity contribution in [1.29, 1.82) is 0 Å². The van der Waals surface area contributed by atoms with Crippen molar-refractivity contribution in [2.45, 2.75) is 24.9 Å². The summed E-state index contributed by atoms with van der Waals surface area (Å²) >= 11 is 0. The summed E-state index contributed by atoms with van der Waals surface area (Å²) in [7, 11) is 1.87. The summed E-state index contributed by atoms with van der Waals surface area (Å²) < 4.78 is 1.74. The van der Waals surface area contributed by atoms with E-state index in [2.05, 4.69) is 15.0 Å². The number of amides is 1. The summed E-state index contributed by atoms with van der Waals surface area (Å²) in [6.07, 6.45) is 7.00. The monoisotopic (exact) mass is 283 g/mol. The highest BCUT2D eigenvalue weighted by atomic mass is 16.2. The van der Waals surface area contributed by atoms with Gasteiger partial charge >= 0.3 is 0 Å². The van der Waals surface area contributed by atoms with Crippen LogP contribution in [0.3, 0.4) is 0 Å². The summed E-state index contributed by atoms with van der Waals surface area (Å²) in [5.74, 6) is 1.14. The normalized spacial score (nSPS) is 24.7. The molecular formula is C15H17N5O. The molecule has 2 atom stereocenters. The van der Waals surface area contributed by atoms with Gasteiger partial charge in [0.05, 0.1) is 24.0 Å². The fraction of sp³-hybridized carbons (Fsp3) is 0.400. The molecule has 0 N–H and O–H groups in total. The maximum Gasteiger partial charge on any atom is 0.229 e. The second-order valence-corrected chi connectivity index (χ2v) is 5.64. The number of hydrogen-bond acceptors (Lipinski definition) is 4. The summed E-state index contributed by atoms with van der Waals surface area (Å²) in [6.45, 7) is 0.941. The quantitative estimate of drug-likeness (QED) is 0.831. The molecule has 2 saturated heterocycles. The van der Waals surface area contributed by atoms with Gasteiger partial charge in [0.25, 0.3) is 0 Å². The van der Waals surface area contributed by atoms with Gasteiger partial charge in [-0.05, 0) is 18.6 Å². The van der Waals surface area contributed by atoms with Crippen LogP contribution in [-0.2, 0) is 11.8 Å². The number of aromatic nitrogens is 3. The molecule has 0 saturated carbocycles. The van der Waals surface area contributed by atoms with Crippen molar-refractivity contribution < 1.29 is 4.79 Å². The molecule has 2 aromatic rings. The van der Waals surface area contributed by atoms with E-state index in [1.165, 1.54) is 0 Å². The van der Waals surface area contributed by atoms with Gasteiger partial charge in [-0.25, -0.2) is 4.98 Å². The van der Waals surface area contributed by atoms with Crippen molar-refractivity contribution in [1.82, 2.24) is 14.8 Å². The summed E-state index contributed by atoms with van der Waals surface area (Å²) in [4.78, 5) is 21.0. The minimum atomic E-state index is 0.179. The number of anilines is 2. The van der Waals surface area contributed by atoms with Crippen LogP contribution in [0, 0.1) is 0 Å². The molecule has 21 heavy (non-hydrogen) atoms. The molecule has 0 bridgehead atoms. The first-order chi connectivity index (χ1) is 10.2. The molecule has 0 spiro atoms. The molecule has 0 unspecified atom stereocenters. The number of carbonyl (C=O) groups is 1. The smallest absolute Gasteiger partial charge is 0.229 e. The molecule has 6 heteroatoms. The molecule has 2 aliphatic rings. The fourth-order valence-electron chi connectivity index (χ4n) is 3.52. The lowest BCUT2D eigenvalue weighted by Gasteiger charge is -2.25. The minimum absolute atomic E-state index is 0.179. The Labute approximate surface area is 123 Å². The highest BCUT2D eigenvalue weighted by molar-refractivity contribution is 5.97. The van der Waals surface area contributed by atoms with Gasteiger partial charge in [-0.3, -0.25) is 9.48 Å². The first kappa shape index (κ1) is 12.4. The third-order valence-electron chi connectivity index (χ3n) is 4.41. The summed E-state index contributed by atoms with van der Waals surface area (Å²) in [6, 6.07) is 6.36. The Morgan fingerprint density at radius 2 is 2.19 bits per heavy atom. The van der Waals surface area contributed by atoms with Gasteiger partial charge in [-0.2, -0.15) is 5.10 Å². The zero-order chi connectivity index (χ0) is 14.4. The maximum atomic E-state index is 12.4. The van der Waals surface area contributed by atoms with Gasteiger partial charge in [-0.15, -0.1) is 0 Å². The first-order valence-corrected chi connectivity index (χ1v) is 7.22. The Balaban J connectivity index is 1.64. The van der Waals surface area contributed by atoms with Crippen molar-refractivity contribution in [3.8, 4) is 0 Å². The van der Waals surface area contributed by atoms with E-state index in [9.17, 15) is 4.79 Å². The highest BCUT2D eigenvalue weighted by Gasteiger charge is 2.48. The average molecular weight is 283 g/mol. The third kappa shape index (κ3) is 1.90. The van der Waals surface area contributed by atoms with Crippen LogP contribution in [0.15, 0.2) is 36.8 Å². The van der Waals surface area contributed by atoms with Crippen LogP contribution in [0.1, 0.15) is 12.8 Å². The van der Waals surface area contributed by atoms with Gasteiger partial charge < -0.3 is 9.80 Å². The molecular weight excluding hydrogens is 266 g/mol. The lowest BCUT2D eigenvalue weighted by Crippen LogP contribution is -2.37. The van der Waals surface area contributed by atoms with Gasteiger partial charge in [-0.1, -0.05) is 6.07 Å². The molecule has 4 rings (SSSR count). The lowest BCUT2D eigenvalue weighted by molar-refractivity contribution is -0.117. The lowest BCUT2D eigenvalue weighted by atomic mass is 10.1. The van der Waals surface area contributed by atoms with Crippen molar-refractivity contribution in [3.63, 3.8) is 0 Å². The zero-order valence-electron chi connectivity index (χ0n) is 11.9. The number of nitrogens with zero attached hydrogens (tertiary/aromatic N) is 5. The average Bonchev–Trinajstić information content (AvgIpc) is 3.15. The van der Waals surface area contributed by atoms with E-state index in [0.29, 0.717) is 6.42 Å². The maximum absolute atomic E-state index is 12.4. The van der Waals surface area contributed by atoms with E-state index in [0.717, 1.165) is 24.5 Å². The molecule has 2 aromatic heterocycles. The first-order valence-electron chi connectivity index (χ1n) is 7.22. The van der Waals surface area contributed by atoms with E-state index in [-0.39, 0.29) is 18.0 Å². The standard InChI is InChI=1S/C15H17N5O/c1-18-10-11(9-17-18)20-12-5-7-19(13(12)8-15(20)21)14-4-2-3-6-16-14/h2-4,6,9-10,12-13H,5,7-8H2,1H3/t12-,13+/m1/s1. The Kier molecular flexibility index (Phi) is 2.70. The number of aryl methyl sites for hydroxylation is 1. The molecule has 4 heterocycles. The molecule has 2 aliphatic heterocycles. The van der Waals surface area contributed by atoms with E-state index in [1.807, 2.05) is 36.3 Å². The van der Waals surface area contributed by atoms with Gasteiger partial charge in [0, 0.05) is 32.4 Å². The topological polar surface area (TPSA) is 54.3 Å². The molecule has 1 amide bonds. The van der Waals surface area contributed by atoms with Gasteiger partial charge in [0.1, 0.15) is 5.82 Å². The number of carbonyl (C=O) groups excluding carboxylic acids is 1. The highest BCUT2D eigenvalue weighted by Crippen LogP contribution is 2.37. The number of hydrogen-bond donors (Lipinski definition) is 0. The number of pyridine rings is 1. The second-order valence-electron chi connectivity index (χ2n) is 5.64. The largest absolute Gasteiger partial charge is 0.351 e. The van der Waals surface area contributed by atoms with E-state index in [4.69, 9.17) is 0 Å². The zero-order valence-corrected chi connectivity index (χ0v) is 11.9. The molecule has 0 aromatic carbocycles. The van der Waals surface area contributed by atoms with Crippen LogP contribution >= 0.6 is 0 Å². The van der Waals surface area contributed by atoms with Crippen LogP contribution in [0.4, 0.5) is 11.5 Å². The van der Waals surface area contributed by atoms with Crippen LogP contribution in [0.25, 0.3) is 0 Å². The minimum Gasteiger partial charge on any atom is -0.351 e. The fourth-order valence-corrected chi connectivity index (χ4v) is 3.52. The van der Waals surface area contributed by atoms with Crippen LogP contribution in [-0.4, -0.2) is 39.3 Å². The predicted molar refractivity (Wildman–Crippen MR) is 79.1 cm³/mol. The van der Waals surface area contributed by atoms with Crippen LogP contribution < -0.4 is 9.80 Å². The third-order valence-corrected chi connectivity index (χ3v) is 4.41. The molecule has 6 nitrogen and oxygen atoms in total. The summed E-state index contributed by atoms with van der Waals surface area (Å²) in [5.41, 5.74) is 0.901. The Morgan fingerprint density at radius 1 is 1.29 bits per heavy atom. The van der Waals surface area contributed by atoms with Crippen molar-refractivity contribution in [2.75, 3.05) is 16.3 Å². The van der Waals surface area contributed by atoms with E-state index >= 15 is 0 Å². The SMILES string of the molecule is Cn1cc(N2C(=O)C[C@H]3[C@H]2CCN3c2ccccn2)cn1. The molecule has 0 radical (unpaired) electrons. The van der Waals surface area contributed by atoms with Crippen molar-refractivity contribution in [2.24, 2.45) is 7.05 Å². The molecule has 0 aliphatic carbocycles. The van der Waals surface area contributed by atoms with Crippen LogP contribution in [0.5, 0.6) is 0 Å². The Morgan fingerprint density at radius 3 is 2.90 bits per heavy atom. The number of fused-ring (bicyclic) bond motifs is 1. The Bertz CT molecular complexity index is 668. The van der Waals surface area contributed by atoms with Crippen molar-refractivity contribution >= 4 is 17.4 Å². The predicted octanol–water partition coefficient (Wildman–Crippen LogP) is 1.20. The van der Waals surface area contributed by atoms with Crippen molar-refractivity contribution in [3.05, 3.63) is 36.8 Å². The van der Waals surface area contributed by atoms with Gasteiger partial charge in [0.2, 0.25) is 5.91 Å².